The lowest BCUT2D eigenvalue weighted by atomic mass is 10.2. The summed E-state index contributed by atoms with van der Waals surface area (Å²) in [5, 5.41) is 15.7. The van der Waals surface area contributed by atoms with Crippen LogP contribution in [-0.4, -0.2) is 46.4 Å². The minimum atomic E-state index is -0.440. The molecular weight excluding hydrogens is 446 g/mol. The topological polar surface area (TPSA) is 110 Å². The SMILES string of the molecule is Cc1ncn(CC(/C=C\C=O)=N/N(C)C2CCCCO2)c(=O)c1Oc1cc(Cl)cc(C#N)c1. The molecule has 2 heterocycles. The molecule has 1 aliphatic rings. The zero-order valence-electron chi connectivity index (χ0n) is 18.4. The maximum atomic E-state index is 13.1. The first kappa shape index (κ1) is 24.2. The van der Waals surface area contributed by atoms with Gasteiger partial charge in [0.25, 0.3) is 5.56 Å². The molecule has 1 atom stereocenters. The number of ether oxygens (including phenoxy) is 2. The molecule has 1 fully saturated rings. The van der Waals surface area contributed by atoms with Gasteiger partial charge in [0.05, 0.1) is 35.9 Å². The zero-order chi connectivity index (χ0) is 23.8. The lowest BCUT2D eigenvalue weighted by Crippen LogP contribution is -2.34. The van der Waals surface area contributed by atoms with E-state index in [1.54, 1.807) is 19.0 Å². The van der Waals surface area contributed by atoms with Crippen molar-refractivity contribution in [3.63, 3.8) is 0 Å². The first-order chi connectivity index (χ1) is 15.9. The van der Waals surface area contributed by atoms with E-state index in [1.165, 1.54) is 41.2 Å². The van der Waals surface area contributed by atoms with Gasteiger partial charge in [-0.25, -0.2) is 4.98 Å². The monoisotopic (exact) mass is 469 g/mol. The minimum absolute atomic E-state index is 0.00587. The summed E-state index contributed by atoms with van der Waals surface area (Å²) < 4.78 is 12.8. The van der Waals surface area contributed by atoms with E-state index in [9.17, 15) is 9.59 Å². The number of hydrogen-bond donors (Lipinski definition) is 0. The maximum Gasteiger partial charge on any atom is 0.296 e. The molecule has 3 rings (SSSR count). The average molecular weight is 470 g/mol. The molecule has 0 amide bonds. The van der Waals surface area contributed by atoms with Gasteiger partial charge in [-0.05, 0) is 56.5 Å². The van der Waals surface area contributed by atoms with Gasteiger partial charge in [-0.1, -0.05) is 11.6 Å². The molecule has 2 aromatic rings. The molecule has 9 nitrogen and oxygen atoms in total. The molecule has 10 heteroatoms. The second-order valence-corrected chi connectivity index (χ2v) is 7.90. The molecule has 0 saturated carbocycles. The molecule has 0 N–H and O–H groups in total. The van der Waals surface area contributed by atoms with Crippen LogP contribution in [0.15, 0.2) is 46.6 Å². The fourth-order valence-corrected chi connectivity index (χ4v) is 3.54. The van der Waals surface area contributed by atoms with E-state index in [2.05, 4.69) is 10.1 Å². The summed E-state index contributed by atoms with van der Waals surface area (Å²) in [5.41, 5.74) is 0.710. The molecule has 0 radical (unpaired) electrons. The standard InChI is InChI=1S/C23H24ClN5O4/c1-16-22(33-20-11-17(13-25)10-18(24)12-20)23(31)29(15-26-16)14-19(6-5-8-30)27-28(2)21-7-3-4-9-32-21/h5-6,8,10-12,15,21H,3-4,7,9,14H2,1-2H3/b6-5-,27-19+. The van der Waals surface area contributed by atoms with Gasteiger partial charge in [-0.15, -0.1) is 0 Å². The van der Waals surface area contributed by atoms with Crippen LogP contribution in [0.5, 0.6) is 11.5 Å². The number of hydrazone groups is 1. The number of halogens is 1. The minimum Gasteiger partial charge on any atom is -0.450 e. The van der Waals surface area contributed by atoms with Crippen LogP contribution in [0.1, 0.15) is 30.5 Å². The van der Waals surface area contributed by atoms with Crippen molar-refractivity contribution in [1.29, 1.82) is 5.26 Å². The normalized spacial score (nSPS) is 16.4. The highest BCUT2D eigenvalue weighted by Crippen LogP contribution is 2.25. The molecule has 1 aromatic heterocycles. The third kappa shape index (κ3) is 6.51. The van der Waals surface area contributed by atoms with E-state index in [4.69, 9.17) is 26.3 Å². The first-order valence-corrected chi connectivity index (χ1v) is 10.8. The van der Waals surface area contributed by atoms with E-state index in [-0.39, 0.29) is 24.3 Å². The summed E-state index contributed by atoms with van der Waals surface area (Å²) in [6.07, 6.45) is 7.63. The van der Waals surface area contributed by atoms with Crippen LogP contribution in [-0.2, 0) is 16.1 Å². The number of nitriles is 1. The van der Waals surface area contributed by atoms with Crippen LogP contribution < -0.4 is 10.3 Å². The zero-order valence-corrected chi connectivity index (χ0v) is 19.2. The van der Waals surface area contributed by atoms with Gasteiger partial charge in [-0.2, -0.15) is 10.4 Å². The summed E-state index contributed by atoms with van der Waals surface area (Å²) >= 11 is 6.04. The summed E-state index contributed by atoms with van der Waals surface area (Å²) in [6.45, 7) is 2.37. The number of aryl methyl sites for hydroxylation is 1. The van der Waals surface area contributed by atoms with Crippen LogP contribution in [0.4, 0.5) is 0 Å². The number of rotatable bonds is 8. The number of carbonyl (C=O) groups is 1. The summed E-state index contributed by atoms with van der Waals surface area (Å²) in [7, 11) is 1.79. The van der Waals surface area contributed by atoms with Crippen LogP contribution in [0.25, 0.3) is 0 Å². The van der Waals surface area contributed by atoms with Crippen LogP contribution in [0, 0.1) is 18.3 Å². The first-order valence-electron chi connectivity index (χ1n) is 10.4. The fourth-order valence-electron chi connectivity index (χ4n) is 3.31. The van der Waals surface area contributed by atoms with E-state index in [0.29, 0.717) is 34.9 Å². The number of carbonyl (C=O) groups excluding carboxylic acids is 1. The second kappa shape index (κ2) is 11.4. The number of nitrogens with zero attached hydrogens (tertiary/aromatic N) is 5. The van der Waals surface area contributed by atoms with E-state index in [1.807, 2.05) is 6.07 Å². The number of allylic oxidation sites excluding steroid dienone is 2. The van der Waals surface area contributed by atoms with Gasteiger partial charge >= 0.3 is 0 Å². The Morgan fingerprint density at radius 3 is 2.97 bits per heavy atom. The Morgan fingerprint density at radius 1 is 1.45 bits per heavy atom. The molecule has 1 saturated heterocycles. The summed E-state index contributed by atoms with van der Waals surface area (Å²) in [6, 6.07) is 6.49. The predicted molar refractivity (Wildman–Crippen MR) is 123 cm³/mol. The molecule has 33 heavy (non-hydrogen) atoms. The van der Waals surface area contributed by atoms with E-state index >= 15 is 0 Å². The van der Waals surface area contributed by atoms with Gasteiger partial charge in [0.1, 0.15) is 18.3 Å². The lowest BCUT2D eigenvalue weighted by Gasteiger charge is -2.29. The smallest absolute Gasteiger partial charge is 0.296 e. The third-order valence-electron chi connectivity index (χ3n) is 4.95. The summed E-state index contributed by atoms with van der Waals surface area (Å²) in [4.78, 5) is 28.3. The molecular formula is C23H24ClN5O4. The number of aromatic nitrogens is 2. The van der Waals surface area contributed by atoms with Crippen molar-refractivity contribution in [3.8, 4) is 17.6 Å². The Morgan fingerprint density at radius 2 is 2.27 bits per heavy atom. The average Bonchev–Trinajstić information content (AvgIpc) is 2.82. The Labute approximate surface area is 196 Å². The van der Waals surface area contributed by atoms with E-state index in [0.717, 1.165) is 19.3 Å². The van der Waals surface area contributed by atoms with Crippen molar-refractivity contribution in [2.24, 2.45) is 5.10 Å². The highest BCUT2D eigenvalue weighted by atomic mass is 35.5. The summed E-state index contributed by atoms with van der Waals surface area (Å²) in [5.74, 6) is 0.258. The van der Waals surface area contributed by atoms with Gasteiger partial charge in [0, 0.05) is 18.7 Å². The molecule has 0 spiro atoms. The molecule has 1 aromatic carbocycles. The lowest BCUT2D eigenvalue weighted by molar-refractivity contribution is -0.104. The van der Waals surface area contributed by atoms with Crippen molar-refractivity contribution in [1.82, 2.24) is 14.6 Å². The van der Waals surface area contributed by atoms with Gasteiger partial charge < -0.3 is 9.47 Å². The number of benzene rings is 1. The van der Waals surface area contributed by atoms with Crippen molar-refractivity contribution in [2.75, 3.05) is 13.7 Å². The van der Waals surface area contributed by atoms with Gasteiger partial charge in [-0.3, -0.25) is 19.2 Å². The Balaban J connectivity index is 1.90. The van der Waals surface area contributed by atoms with Crippen LogP contribution >= 0.6 is 11.6 Å². The molecule has 1 unspecified atom stereocenters. The highest BCUT2D eigenvalue weighted by molar-refractivity contribution is 6.30. The molecule has 1 aliphatic heterocycles. The number of aldehydes is 1. The molecule has 0 bridgehead atoms. The van der Waals surface area contributed by atoms with Gasteiger partial charge in [0.2, 0.25) is 5.75 Å². The fraction of sp³-hybridized carbons (Fsp3) is 0.348. The van der Waals surface area contributed by atoms with Crippen molar-refractivity contribution >= 4 is 23.6 Å². The van der Waals surface area contributed by atoms with Crippen molar-refractivity contribution < 1.29 is 14.3 Å². The van der Waals surface area contributed by atoms with Crippen LogP contribution in [0.3, 0.4) is 0 Å². The van der Waals surface area contributed by atoms with Crippen molar-refractivity contribution in [3.05, 3.63) is 63.3 Å². The Hall–Kier alpha value is -3.48. The van der Waals surface area contributed by atoms with Gasteiger partial charge in [0.15, 0.2) is 0 Å². The largest absolute Gasteiger partial charge is 0.450 e. The predicted octanol–water partition coefficient (Wildman–Crippen LogP) is 3.44. The molecule has 172 valence electrons. The van der Waals surface area contributed by atoms with E-state index < -0.39 is 5.56 Å². The Bertz CT molecular complexity index is 1160. The number of hydrogen-bond acceptors (Lipinski definition) is 8. The van der Waals surface area contributed by atoms with Crippen molar-refractivity contribution in [2.45, 2.75) is 39.0 Å². The second-order valence-electron chi connectivity index (χ2n) is 7.46. The Kier molecular flexibility index (Phi) is 8.35. The molecule has 0 aliphatic carbocycles. The van der Waals surface area contributed by atoms with Crippen LogP contribution in [0.2, 0.25) is 5.02 Å². The maximum absolute atomic E-state index is 13.1. The third-order valence-corrected chi connectivity index (χ3v) is 5.17. The quantitative estimate of drug-likeness (QED) is 0.252. The highest BCUT2D eigenvalue weighted by Gasteiger charge is 2.18.